The van der Waals surface area contributed by atoms with Gasteiger partial charge in [0.15, 0.2) is 12.4 Å². The standard InChI is InChI=1S/C24H24N2O2/c1-18(26-16-15-19-7-5-6-8-20(19)17-26)24(27)25-21-11-13-23(14-12-21)28-22-9-3-2-4-10-22/h2-4,9-18H,5-8H2,1H3/p+1/t18-/m1/s1. The van der Waals surface area contributed by atoms with Gasteiger partial charge in [-0.3, -0.25) is 4.79 Å². The first-order valence-electron chi connectivity index (χ1n) is 9.85. The number of para-hydroxylation sites is 1. The van der Waals surface area contributed by atoms with Crippen LogP contribution in [0.3, 0.4) is 0 Å². The molecule has 0 aliphatic heterocycles. The Morgan fingerprint density at radius 3 is 2.36 bits per heavy atom. The number of carbonyl (C=O) groups excluding carboxylic acids is 1. The predicted molar refractivity (Wildman–Crippen MR) is 110 cm³/mol. The van der Waals surface area contributed by atoms with Gasteiger partial charge in [0.2, 0.25) is 6.04 Å². The highest BCUT2D eigenvalue weighted by Crippen LogP contribution is 2.23. The van der Waals surface area contributed by atoms with Crippen LogP contribution < -0.4 is 14.6 Å². The first kappa shape index (κ1) is 18.2. The number of pyridine rings is 1. The second-order valence-electron chi connectivity index (χ2n) is 7.25. The van der Waals surface area contributed by atoms with Crippen molar-refractivity contribution in [1.29, 1.82) is 0 Å². The van der Waals surface area contributed by atoms with E-state index in [1.54, 1.807) is 0 Å². The number of ether oxygens (including phenoxy) is 1. The number of carbonyl (C=O) groups is 1. The summed E-state index contributed by atoms with van der Waals surface area (Å²) in [7, 11) is 0. The molecular formula is C24H25N2O2+. The molecular weight excluding hydrogens is 348 g/mol. The molecule has 1 heterocycles. The smallest absolute Gasteiger partial charge is 0.293 e. The number of hydrogen-bond donors (Lipinski definition) is 1. The predicted octanol–water partition coefficient (Wildman–Crippen LogP) is 4.84. The van der Waals surface area contributed by atoms with Gasteiger partial charge in [0.25, 0.3) is 5.91 Å². The van der Waals surface area contributed by atoms with Gasteiger partial charge in [-0.2, -0.15) is 4.57 Å². The van der Waals surface area contributed by atoms with Crippen LogP contribution in [0, 0.1) is 0 Å². The highest BCUT2D eigenvalue weighted by molar-refractivity contribution is 5.92. The minimum absolute atomic E-state index is 0.0301. The largest absolute Gasteiger partial charge is 0.457 e. The Labute approximate surface area is 165 Å². The average Bonchev–Trinajstić information content (AvgIpc) is 2.75. The summed E-state index contributed by atoms with van der Waals surface area (Å²) in [5.41, 5.74) is 3.55. The molecule has 1 N–H and O–H groups in total. The van der Waals surface area contributed by atoms with E-state index >= 15 is 0 Å². The number of aryl methyl sites for hydroxylation is 2. The molecule has 1 aliphatic carbocycles. The van der Waals surface area contributed by atoms with Gasteiger partial charge in [0.05, 0.1) is 0 Å². The molecule has 28 heavy (non-hydrogen) atoms. The Kier molecular flexibility index (Phi) is 5.38. The van der Waals surface area contributed by atoms with E-state index in [9.17, 15) is 4.79 Å². The van der Waals surface area contributed by atoms with Crippen LogP contribution in [-0.2, 0) is 17.6 Å². The van der Waals surface area contributed by atoms with Crippen LogP contribution in [0.2, 0.25) is 0 Å². The fourth-order valence-corrected chi connectivity index (χ4v) is 3.54. The van der Waals surface area contributed by atoms with E-state index in [1.165, 1.54) is 24.0 Å². The maximum absolute atomic E-state index is 12.7. The second-order valence-corrected chi connectivity index (χ2v) is 7.25. The van der Waals surface area contributed by atoms with Gasteiger partial charge in [-0.05, 0) is 67.6 Å². The molecule has 3 aromatic rings. The highest BCUT2D eigenvalue weighted by atomic mass is 16.5. The summed E-state index contributed by atoms with van der Waals surface area (Å²) in [6.45, 7) is 1.93. The van der Waals surface area contributed by atoms with Crippen molar-refractivity contribution in [2.24, 2.45) is 0 Å². The summed E-state index contributed by atoms with van der Waals surface area (Å²) in [4.78, 5) is 12.7. The lowest BCUT2D eigenvalue weighted by atomic mass is 9.93. The molecule has 1 amide bonds. The molecule has 0 saturated carbocycles. The quantitative estimate of drug-likeness (QED) is 0.650. The first-order chi connectivity index (χ1) is 13.7. The summed E-state index contributed by atoms with van der Waals surface area (Å²) in [5, 5.41) is 3.00. The SMILES string of the molecule is C[C@H](C(=O)Nc1ccc(Oc2ccccc2)cc1)[n+]1ccc2c(c1)CCCC2. The zero-order chi connectivity index (χ0) is 19.3. The van der Waals surface area contributed by atoms with Crippen molar-refractivity contribution in [2.75, 3.05) is 5.32 Å². The highest BCUT2D eigenvalue weighted by Gasteiger charge is 2.24. The lowest BCUT2D eigenvalue weighted by molar-refractivity contribution is -0.706. The first-order valence-corrected chi connectivity index (χ1v) is 9.85. The van der Waals surface area contributed by atoms with Crippen molar-refractivity contribution in [3.8, 4) is 11.5 Å². The summed E-state index contributed by atoms with van der Waals surface area (Å²) in [5.74, 6) is 1.50. The van der Waals surface area contributed by atoms with Crippen molar-refractivity contribution in [1.82, 2.24) is 0 Å². The van der Waals surface area contributed by atoms with Gasteiger partial charge in [0, 0.05) is 24.2 Å². The minimum atomic E-state index is -0.271. The minimum Gasteiger partial charge on any atom is -0.457 e. The molecule has 4 rings (SSSR count). The van der Waals surface area contributed by atoms with Crippen LogP contribution in [-0.4, -0.2) is 5.91 Å². The maximum atomic E-state index is 12.7. The average molecular weight is 373 g/mol. The molecule has 0 unspecified atom stereocenters. The van der Waals surface area contributed by atoms with Crippen molar-refractivity contribution in [2.45, 2.75) is 38.6 Å². The maximum Gasteiger partial charge on any atom is 0.293 e. The molecule has 1 aliphatic rings. The van der Waals surface area contributed by atoms with E-state index in [0.29, 0.717) is 0 Å². The zero-order valence-corrected chi connectivity index (χ0v) is 16.1. The molecule has 0 spiro atoms. The summed E-state index contributed by atoms with van der Waals surface area (Å²) < 4.78 is 7.80. The van der Waals surface area contributed by atoms with E-state index in [2.05, 4.69) is 17.6 Å². The van der Waals surface area contributed by atoms with Gasteiger partial charge in [-0.15, -0.1) is 0 Å². The summed E-state index contributed by atoms with van der Waals surface area (Å²) in [6, 6.07) is 19.0. The molecule has 2 aromatic carbocycles. The number of fused-ring (bicyclic) bond motifs is 1. The van der Waals surface area contributed by atoms with Crippen LogP contribution >= 0.6 is 0 Å². The molecule has 0 bridgehead atoms. The Balaban J connectivity index is 1.40. The van der Waals surface area contributed by atoms with Crippen LogP contribution in [0.25, 0.3) is 0 Å². The molecule has 0 fully saturated rings. The normalized spacial score (nSPS) is 14.0. The lowest BCUT2D eigenvalue weighted by Gasteiger charge is -2.15. The number of anilines is 1. The number of nitrogens with one attached hydrogen (secondary N) is 1. The molecule has 0 radical (unpaired) electrons. The van der Waals surface area contributed by atoms with Crippen molar-refractivity contribution >= 4 is 11.6 Å². The van der Waals surface area contributed by atoms with Gasteiger partial charge in [0.1, 0.15) is 11.5 Å². The van der Waals surface area contributed by atoms with Crippen LogP contribution in [0.4, 0.5) is 5.69 Å². The van der Waals surface area contributed by atoms with E-state index in [1.807, 2.05) is 72.3 Å². The van der Waals surface area contributed by atoms with Gasteiger partial charge in [-0.25, -0.2) is 0 Å². The van der Waals surface area contributed by atoms with Crippen molar-refractivity contribution in [3.05, 3.63) is 84.2 Å². The van der Waals surface area contributed by atoms with Crippen LogP contribution in [0.1, 0.15) is 36.9 Å². The molecule has 4 heteroatoms. The third-order valence-electron chi connectivity index (χ3n) is 5.23. The second kappa shape index (κ2) is 8.26. The number of nitrogens with zero attached hydrogens (tertiary/aromatic N) is 1. The topological polar surface area (TPSA) is 42.2 Å². The van der Waals surface area contributed by atoms with Crippen LogP contribution in [0.15, 0.2) is 73.1 Å². The number of hydrogen-bond acceptors (Lipinski definition) is 2. The third kappa shape index (κ3) is 4.22. The van der Waals surface area contributed by atoms with Crippen molar-refractivity contribution in [3.63, 3.8) is 0 Å². The molecule has 1 atom stereocenters. The van der Waals surface area contributed by atoms with Crippen molar-refractivity contribution < 1.29 is 14.1 Å². The monoisotopic (exact) mass is 373 g/mol. The number of rotatable bonds is 5. The van der Waals surface area contributed by atoms with E-state index in [4.69, 9.17) is 4.74 Å². The number of aromatic nitrogens is 1. The van der Waals surface area contributed by atoms with Gasteiger partial charge in [-0.1, -0.05) is 18.2 Å². The Bertz CT molecular complexity index is 952. The Morgan fingerprint density at radius 2 is 1.61 bits per heavy atom. The van der Waals surface area contributed by atoms with Gasteiger partial charge >= 0.3 is 0 Å². The van der Waals surface area contributed by atoms with Crippen LogP contribution in [0.5, 0.6) is 11.5 Å². The fourth-order valence-electron chi connectivity index (χ4n) is 3.54. The summed E-state index contributed by atoms with van der Waals surface area (Å²) >= 11 is 0. The molecule has 0 saturated heterocycles. The Hall–Kier alpha value is -3.14. The molecule has 1 aromatic heterocycles. The Morgan fingerprint density at radius 1 is 0.929 bits per heavy atom. The third-order valence-corrected chi connectivity index (χ3v) is 5.23. The number of benzene rings is 2. The lowest BCUT2D eigenvalue weighted by Crippen LogP contribution is -2.44. The van der Waals surface area contributed by atoms with E-state index < -0.39 is 0 Å². The van der Waals surface area contributed by atoms with Gasteiger partial charge < -0.3 is 10.1 Å². The number of amides is 1. The van der Waals surface area contributed by atoms with E-state index in [0.717, 1.165) is 30.0 Å². The summed E-state index contributed by atoms with van der Waals surface area (Å²) in [6.07, 6.45) is 8.90. The molecule has 4 nitrogen and oxygen atoms in total. The molecule has 142 valence electrons. The van der Waals surface area contributed by atoms with E-state index in [-0.39, 0.29) is 11.9 Å². The fraction of sp³-hybridized carbons (Fsp3) is 0.250. The zero-order valence-electron chi connectivity index (χ0n) is 16.1.